The van der Waals surface area contributed by atoms with Crippen LogP contribution in [0.5, 0.6) is 0 Å². The Balaban J connectivity index is 0.852. The van der Waals surface area contributed by atoms with Gasteiger partial charge in [-0.1, -0.05) is 72.8 Å². The van der Waals surface area contributed by atoms with Gasteiger partial charge in [0.25, 0.3) is 11.8 Å². The van der Waals surface area contributed by atoms with Crippen molar-refractivity contribution in [3.8, 4) is 0 Å². The van der Waals surface area contributed by atoms with E-state index in [0.29, 0.717) is 48.4 Å². The third kappa shape index (κ3) is 6.46. The Bertz CT molecular complexity index is 2160. The number of para-hydroxylation sites is 2. The van der Waals surface area contributed by atoms with E-state index in [0.717, 1.165) is 45.8 Å². The maximum Gasteiger partial charge on any atom is 0.256 e. The van der Waals surface area contributed by atoms with Crippen LogP contribution in [0.25, 0.3) is 34.0 Å². The first-order valence-electron chi connectivity index (χ1n) is 17.7. The van der Waals surface area contributed by atoms with Crippen LogP contribution in [-0.2, 0) is 9.59 Å². The summed E-state index contributed by atoms with van der Waals surface area (Å²) >= 11 is 0. The molecule has 0 spiro atoms. The van der Waals surface area contributed by atoms with Gasteiger partial charge in [-0.25, -0.2) is 0 Å². The Labute approximate surface area is 300 Å². The number of carbonyl (C=O) groups excluding carboxylic acids is 4. The van der Waals surface area contributed by atoms with Crippen LogP contribution < -0.4 is 10.6 Å². The van der Waals surface area contributed by atoms with E-state index in [1.165, 1.54) is 0 Å². The fraction of sp³-hybridized carbons (Fsp3) is 0.190. The van der Waals surface area contributed by atoms with Crippen molar-refractivity contribution in [1.29, 1.82) is 0 Å². The topological polar surface area (TPSA) is 130 Å². The minimum absolute atomic E-state index is 0.139. The second-order valence-corrected chi connectivity index (χ2v) is 13.4. The monoisotopic (exact) mass is 690 g/mol. The van der Waals surface area contributed by atoms with Gasteiger partial charge in [0.05, 0.1) is 11.1 Å². The zero-order valence-corrected chi connectivity index (χ0v) is 28.5. The van der Waals surface area contributed by atoms with Gasteiger partial charge in [0.15, 0.2) is 0 Å². The number of aromatic amines is 2. The van der Waals surface area contributed by atoms with E-state index in [9.17, 15) is 19.2 Å². The minimum atomic E-state index is -0.529. The number of amides is 4. The maximum atomic E-state index is 13.4. The summed E-state index contributed by atoms with van der Waals surface area (Å²) in [6.45, 7) is 1.08. The number of aromatic nitrogens is 2. The zero-order chi connectivity index (χ0) is 35.6. The second kappa shape index (κ2) is 14.1. The molecule has 2 aliphatic rings. The van der Waals surface area contributed by atoms with Crippen LogP contribution >= 0.6 is 0 Å². The molecule has 4 heterocycles. The Morgan fingerprint density at radius 2 is 0.962 bits per heavy atom. The third-order valence-corrected chi connectivity index (χ3v) is 10.1. The molecule has 0 unspecified atom stereocenters. The molecule has 8 rings (SSSR count). The third-order valence-electron chi connectivity index (χ3n) is 10.1. The van der Waals surface area contributed by atoms with E-state index in [2.05, 4.69) is 20.6 Å². The summed E-state index contributed by atoms with van der Waals surface area (Å²) in [4.78, 5) is 63.1. The highest BCUT2D eigenvalue weighted by molar-refractivity contribution is 6.10. The molecule has 0 radical (unpaired) electrons. The van der Waals surface area contributed by atoms with E-state index in [-0.39, 0.29) is 23.6 Å². The molecule has 2 aromatic heterocycles. The van der Waals surface area contributed by atoms with E-state index >= 15 is 0 Å². The van der Waals surface area contributed by atoms with Crippen LogP contribution in [0.4, 0.5) is 11.4 Å². The number of hydrogen-bond donors (Lipinski definition) is 4. The van der Waals surface area contributed by atoms with Gasteiger partial charge in [0.1, 0.15) is 12.1 Å². The summed E-state index contributed by atoms with van der Waals surface area (Å²) in [5.41, 5.74) is 6.18. The number of anilines is 2. The molecule has 0 aliphatic carbocycles. The summed E-state index contributed by atoms with van der Waals surface area (Å²) in [7, 11) is 0. The fourth-order valence-electron chi connectivity index (χ4n) is 7.37. The molecule has 10 heteroatoms. The van der Waals surface area contributed by atoms with Crippen molar-refractivity contribution in [3.63, 3.8) is 0 Å². The van der Waals surface area contributed by atoms with Gasteiger partial charge in [-0.15, -0.1) is 0 Å². The van der Waals surface area contributed by atoms with E-state index in [4.69, 9.17) is 0 Å². The van der Waals surface area contributed by atoms with Crippen LogP contribution in [0, 0.1) is 0 Å². The molecule has 4 amide bonds. The van der Waals surface area contributed by atoms with Gasteiger partial charge < -0.3 is 30.4 Å². The number of nitrogens with zero attached hydrogens (tertiary/aromatic N) is 2. The SMILES string of the molecule is O=C(Nc1ccc(/C=C/c2ccc(NC(=O)[C@H]3CCCN3C(=O)c3c[nH]c4ccccc34)cc2)cc1)[C@H]1CCCN1C(=O)c1c[nH]c2ccccc12. The molecular weight excluding hydrogens is 652 g/mol. The standard InChI is InChI=1S/C42H38N6O4/c49-39(37-11-5-23-47(37)41(51)33-25-43-35-9-3-1-7-31(33)35)45-29-19-15-27(16-20-29)13-14-28-17-21-30(22-18-28)46-40(50)38-12-6-24-48(38)42(52)34-26-44-36-10-4-2-8-32(34)36/h1-4,7-10,13-22,25-26,37-38,43-44H,5-6,11-12,23-24H2,(H,45,49)(H,46,50)/b14-13+/t37-,38-/m1/s1. The summed E-state index contributed by atoms with van der Waals surface area (Å²) < 4.78 is 0. The first-order valence-corrected chi connectivity index (χ1v) is 17.7. The molecule has 4 N–H and O–H groups in total. The van der Waals surface area contributed by atoms with Crippen LogP contribution in [-0.4, -0.2) is 68.6 Å². The van der Waals surface area contributed by atoms with Crippen molar-refractivity contribution in [1.82, 2.24) is 19.8 Å². The van der Waals surface area contributed by atoms with Crippen LogP contribution in [0.1, 0.15) is 57.5 Å². The maximum absolute atomic E-state index is 13.4. The van der Waals surface area contributed by atoms with Gasteiger partial charge in [0, 0.05) is 58.7 Å². The predicted molar refractivity (Wildman–Crippen MR) is 204 cm³/mol. The number of hydrogen-bond acceptors (Lipinski definition) is 4. The van der Waals surface area contributed by atoms with Crippen LogP contribution in [0.3, 0.4) is 0 Å². The van der Waals surface area contributed by atoms with Crippen molar-refractivity contribution >= 4 is 69.0 Å². The molecule has 0 bridgehead atoms. The number of H-pyrrole nitrogens is 2. The van der Waals surface area contributed by atoms with Gasteiger partial charge in [-0.2, -0.15) is 0 Å². The van der Waals surface area contributed by atoms with Crippen molar-refractivity contribution in [2.45, 2.75) is 37.8 Å². The molecule has 2 aliphatic heterocycles. The van der Waals surface area contributed by atoms with E-state index in [1.54, 1.807) is 22.2 Å². The zero-order valence-electron chi connectivity index (χ0n) is 28.5. The molecule has 4 aromatic carbocycles. The molecule has 0 saturated carbocycles. The highest BCUT2D eigenvalue weighted by Crippen LogP contribution is 2.28. The number of rotatable bonds is 8. The van der Waals surface area contributed by atoms with Gasteiger partial charge >= 0.3 is 0 Å². The van der Waals surface area contributed by atoms with Crippen molar-refractivity contribution in [2.75, 3.05) is 23.7 Å². The Hall–Kier alpha value is -6.42. The summed E-state index contributed by atoms with van der Waals surface area (Å²) in [6, 6.07) is 29.4. The summed E-state index contributed by atoms with van der Waals surface area (Å²) in [5, 5.41) is 7.70. The first kappa shape index (κ1) is 32.8. The molecule has 260 valence electrons. The Morgan fingerprint density at radius 3 is 1.38 bits per heavy atom. The number of likely N-dealkylation sites (tertiary alicyclic amines) is 2. The minimum Gasteiger partial charge on any atom is -0.360 e. The summed E-state index contributed by atoms with van der Waals surface area (Å²) in [5.74, 6) is -0.661. The average molecular weight is 691 g/mol. The van der Waals surface area contributed by atoms with Crippen molar-refractivity contribution in [2.24, 2.45) is 0 Å². The van der Waals surface area contributed by atoms with Crippen molar-refractivity contribution in [3.05, 3.63) is 132 Å². The lowest BCUT2D eigenvalue weighted by Gasteiger charge is -2.24. The Kier molecular flexibility index (Phi) is 8.86. The number of carbonyl (C=O) groups is 4. The highest BCUT2D eigenvalue weighted by Gasteiger charge is 2.36. The highest BCUT2D eigenvalue weighted by atomic mass is 16.2. The first-order chi connectivity index (χ1) is 25.4. The lowest BCUT2D eigenvalue weighted by molar-refractivity contribution is -0.120. The molecule has 6 aromatic rings. The smallest absolute Gasteiger partial charge is 0.256 e. The fourth-order valence-corrected chi connectivity index (χ4v) is 7.37. The van der Waals surface area contributed by atoms with Gasteiger partial charge in [-0.3, -0.25) is 19.2 Å². The second-order valence-electron chi connectivity index (χ2n) is 13.4. The number of benzene rings is 4. The molecule has 2 atom stereocenters. The van der Waals surface area contributed by atoms with Crippen LogP contribution in [0.2, 0.25) is 0 Å². The molecule has 10 nitrogen and oxygen atoms in total. The quantitative estimate of drug-likeness (QED) is 0.125. The average Bonchev–Trinajstić information content (AvgIpc) is 4.00. The van der Waals surface area contributed by atoms with E-state index in [1.807, 2.05) is 109 Å². The van der Waals surface area contributed by atoms with Gasteiger partial charge in [-0.05, 0) is 73.2 Å². The summed E-state index contributed by atoms with van der Waals surface area (Å²) in [6.07, 6.45) is 10.2. The number of nitrogens with one attached hydrogen (secondary N) is 4. The van der Waals surface area contributed by atoms with Crippen LogP contribution in [0.15, 0.2) is 109 Å². The molecule has 2 saturated heterocycles. The van der Waals surface area contributed by atoms with Gasteiger partial charge in [0.2, 0.25) is 11.8 Å². The van der Waals surface area contributed by atoms with Crippen molar-refractivity contribution < 1.29 is 19.2 Å². The predicted octanol–water partition coefficient (Wildman–Crippen LogP) is 7.31. The Morgan fingerprint density at radius 1 is 0.558 bits per heavy atom. The van der Waals surface area contributed by atoms with E-state index < -0.39 is 12.1 Å². The lowest BCUT2D eigenvalue weighted by atomic mass is 10.1. The molecule has 2 fully saturated rings. The lowest BCUT2D eigenvalue weighted by Crippen LogP contribution is -2.43. The molecular formula is C42H38N6O4. The molecule has 52 heavy (non-hydrogen) atoms. The normalized spacial score (nSPS) is 17.3. The number of fused-ring (bicyclic) bond motifs is 2. The largest absolute Gasteiger partial charge is 0.360 e.